The van der Waals surface area contributed by atoms with Crippen LogP contribution in [-0.4, -0.2) is 27.5 Å². The second-order valence-corrected chi connectivity index (χ2v) is 5.41. The molecule has 0 unspecified atom stereocenters. The quantitative estimate of drug-likeness (QED) is 0.845. The van der Waals surface area contributed by atoms with E-state index in [0.29, 0.717) is 12.3 Å². The summed E-state index contributed by atoms with van der Waals surface area (Å²) in [6.07, 6.45) is 6.23. The Morgan fingerprint density at radius 2 is 2.29 bits per heavy atom. The third-order valence-electron chi connectivity index (χ3n) is 2.65. The molecule has 1 aromatic heterocycles. The van der Waals surface area contributed by atoms with Crippen molar-refractivity contribution in [1.82, 2.24) is 14.9 Å². The van der Waals surface area contributed by atoms with Crippen LogP contribution in [0.25, 0.3) is 0 Å². The third-order valence-corrected chi connectivity index (χ3v) is 3.27. The van der Waals surface area contributed by atoms with Gasteiger partial charge < -0.3 is 9.88 Å². The average molecular weight is 255 g/mol. The fraction of sp³-hybridized carbons (Fsp3) is 0.667. The highest BCUT2D eigenvalue weighted by molar-refractivity contribution is 7.98. The van der Waals surface area contributed by atoms with Gasteiger partial charge in [-0.2, -0.15) is 11.8 Å². The first-order valence-corrected chi connectivity index (χ1v) is 7.21. The number of amides is 1. The average Bonchev–Trinajstić information content (AvgIpc) is 2.69. The monoisotopic (exact) mass is 255 g/mol. The molecule has 4 nitrogen and oxygen atoms in total. The smallest absolute Gasteiger partial charge is 0.221 e. The van der Waals surface area contributed by atoms with Crippen molar-refractivity contribution in [2.75, 3.05) is 12.0 Å². The molecular weight excluding hydrogens is 234 g/mol. The van der Waals surface area contributed by atoms with Gasteiger partial charge in [-0.25, -0.2) is 4.98 Å². The minimum Gasteiger partial charge on any atom is -0.346 e. The molecule has 1 aromatic rings. The van der Waals surface area contributed by atoms with Crippen molar-refractivity contribution in [3.05, 3.63) is 18.2 Å². The molecule has 1 heterocycles. The van der Waals surface area contributed by atoms with E-state index >= 15 is 0 Å². The number of hydrogen-bond donors (Lipinski definition) is 1. The summed E-state index contributed by atoms with van der Waals surface area (Å²) < 4.78 is 1.96. The molecule has 1 rings (SSSR count). The molecule has 0 aliphatic heterocycles. The number of nitrogens with zero attached hydrogens (tertiary/aromatic N) is 2. The molecule has 96 valence electrons. The van der Waals surface area contributed by atoms with Crippen LogP contribution in [0.5, 0.6) is 0 Å². The maximum absolute atomic E-state index is 11.8. The van der Waals surface area contributed by atoms with Crippen LogP contribution in [0.3, 0.4) is 0 Å². The molecule has 0 saturated heterocycles. The fourth-order valence-electron chi connectivity index (χ4n) is 1.65. The number of hydrogen-bond acceptors (Lipinski definition) is 3. The van der Waals surface area contributed by atoms with E-state index in [4.69, 9.17) is 0 Å². The van der Waals surface area contributed by atoms with Crippen molar-refractivity contribution in [2.45, 2.75) is 26.3 Å². The Kier molecular flexibility index (Phi) is 5.55. The van der Waals surface area contributed by atoms with E-state index in [1.54, 1.807) is 18.0 Å². The minimum atomic E-state index is -0.00986. The number of rotatable bonds is 6. The summed E-state index contributed by atoms with van der Waals surface area (Å²) in [5.41, 5.74) is 0. The van der Waals surface area contributed by atoms with Gasteiger partial charge in [0.1, 0.15) is 5.82 Å². The number of aromatic nitrogens is 2. The van der Waals surface area contributed by atoms with Crippen molar-refractivity contribution < 1.29 is 4.79 Å². The molecule has 0 fully saturated rings. The zero-order valence-corrected chi connectivity index (χ0v) is 11.8. The third kappa shape index (κ3) is 4.07. The van der Waals surface area contributed by atoms with Gasteiger partial charge in [0.05, 0.1) is 6.04 Å². The number of imidazole rings is 1. The van der Waals surface area contributed by atoms with E-state index in [0.717, 1.165) is 11.6 Å². The van der Waals surface area contributed by atoms with Crippen LogP contribution >= 0.6 is 11.8 Å². The maximum Gasteiger partial charge on any atom is 0.221 e. The molecule has 1 amide bonds. The van der Waals surface area contributed by atoms with Crippen LogP contribution < -0.4 is 5.32 Å². The molecule has 17 heavy (non-hydrogen) atoms. The summed E-state index contributed by atoms with van der Waals surface area (Å²) >= 11 is 1.68. The minimum absolute atomic E-state index is 0.00986. The molecule has 0 spiro atoms. The molecule has 0 saturated carbocycles. The summed E-state index contributed by atoms with van der Waals surface area (Å²) in [4.78, 5) is 16.1. The van der Waals surface area contributed by atoms with E-state index in [-0.39, 0.29) is 11.9 Å². The van der Waals surface area contributed by atoms with Crippen LogP contribution in [0.2, 0.25) is 0 Å². The first-order valence-electron chi connectivity index (χ1n) is 5.81. The van der Waals surface area contributed by atoms with Gasteiger partial charge in [-0.05, 0) is 12.2 Å². The maximum atomic E-state index is 11.8. The van der Waals surface area contributed by atoms with Crippen molar-refractivity contribution >= 4 is 17.7 Å². The van der Waals surface area contributed by atoms with Crippen molar-refractivity contribution in [1.29, 1.82) is 0 Å². The second kappa shape index (κ2) is 6.69. The van der Waals surface area contributed by atoms with Gasteiger partial charge in [-0.1, -0.05) is 13.8 Å². The molecule has 0 aliphatic carbocycles. The first kappa shape index (κ1) is 14.1. The van der Waals surface area contributed by atoms with E-state index in [1.807, 2.05) is 24.1 Å². The van der Waals surface area contributed by atoms with Crippen molar-refractivity contribution in [3.63, 3.8) is 0 Å². The number of carbonyl (C=O) groups excluding carboxylic acids is 1. The van der Waals surface area contributed by atoms with E-state index < -0.39 is 0 Å². The lowest BCUT2D eigenvalue weighted by Crippen LogP contribution is -2.33. The Balaban J connectivity index is 2.68. The summed E-state index contributed by atoms with van der Waals surface area (Å²) in [5, 5.41) is 3.06. The standard InChI is InChI=1S/C12H21N3OS/c1-9(2)11(12-13-6-7-15(12)3)14-10(16)5-8-17-4/h6-7,9,11H,5,8H2,1-4H3,(H,14,16)/t11-/m1/s1. The highest BCUT2D eigenvalue weighted by Gasteiger charge is 2.21. The largest absolute Gasteiger partial charge is 0.346 e. The predicted molar refractivity (Wildman–Crippen MR) is 71.9 cm³/mol. The Bertz CT molecular complexity index is 362. The number of thioether (sulfide) groups is 1. The lowest BCUT2D eigenvalue weighted by Gasteiger charge is -2.22. The lowest BCUT2D eigenvalue weighted by atomic mass is 10.0. The normalized spacial score (nSPS) is 12.8. The lowest BCUT2D eigenvalue weighted by molar-refractivity contribution is -0.121. The van der Waals surface area contributed by atoms with Gasteiger partial charge in [-0.3, -0.25) is 4.79 Å². The predicted octanol–water partition coefficient (Wildman–Crippen LogP) is 1.99. The molecule has 0 radical (unpaired) electrons. The van der Waals surface area contributed by atoms with Crippen LogP contribution in [0.4, 0.5) is 0 Å². The zero-order valence-electron chi connectivity index (χ0n) is 10.9. The molecule has 0 bridgehead atoms. The summed E-state index contributed by atoms with van der Waals surface area (Å²) in [6, 6.07) is -0.00986. The van der Waals surface area contributed by atoms with Gasteiger partial charge in [0.15, 0.2) is 0 Å². The van der Waals surface area contributed by atoms with Crippen LogP contribution in [-0.2, 0) is 11.8 Å². The van der Waals surface area contributed by atoms with Gasteiger partial charge in [0.25, 0.3) is 0 Å². The highest BCUT2D eigenvalue weighted by atomic mass is 32.2. The molecule has 1 N–H and O–H groups in total. The molecule has 5 heteroatoms. The van der Waals surface area contributed by atoms with Gasteiger partial charge in [0.2, 0.25) is 5.91 Å². The topological polar surface area (TPSA) is 46.9 Å². The first-order chi connectivity index (χ1) is 8.06. The van der Waals surface area contributed by atoms with E-state index in [1.165, 1.54) is 0 Å². The highest BCUT2D eigenvalue weighted by Crippen LogP contribution is 2.19. The molecule has 0 aromatic carbocycles. The zero-order chi connectivity index (χ0) is 12.8. The van der Waals surface area contributed by atoms with Gasteiger partial charge in [-0.15, -0.1) is 0 Å². The number of carbonyl (C=O) groups is 1. The summed E-state index contributed by atoms with van der Waals surface area (Å²) in [5.74, 6) is 2.20. The summed E-state index contributed by atoms with van der Waals surface area (Å²) in [7, 11) is 1.95. The van der Waals surface area contributed by atoms with Crippen LogP contribution in [0.15, 0.2) is 12.4 Å². The van der Waals surface area contributed by atoms with Gasteiger partial charge in [0, 0.05) is 31.6 Å². The Morgan fingerprint density at radius 3 is 2.76 bits per heavy atom. The van der Waals surface area contributed by atoms with E-state index in [2.05, 4.69) is 24.1 Å². The Hall–Kier alpha value is -0.970. The van der Waals surface area contributed by atoms with Crippen LogP contribution in [0.1, 0.15) is 32.1 Å². The SMILES string of the molecule is CSCCC(=O)N[C@@H](c1nccn1C)C(C)C. The second-order valence-electron chi connectivity index (χ2n) is 4.43. The van der Waals surface area contributed by atoms with Crippen molar-refractivity contribution in [2.24, 2.45) is 13.0 Å². The van der Waals surface area contributed by atoms with Crippen LogP contribution in [0, 0.1) is 5.92 Å². The number of nitrogens with one attached hydrogen (secondary N) is 1. The summed E-state index contributed by atoms with van der Waals surface area (Å²) in [6.45, 7) is 4.18. The van der Waals surface area contributed by atoms with E-state index in [9.17, 15) is 4.79 Å². The number of aryl methyl sites for hydroxylation is 1. The Labute approximate surface area is 107 Å². The fourth-order valence-corrected chi connectivity index (χ4v) is 2.04. The van der Waals surface area contributed by atoms with Crippen molar-refractivity contribution in [3.8, 4) is 0 Å². The Morgan fingerprint density at radius 1 is 1.59 bits per heavy atom. The molecule has 0 aliphatic rings. The van der Waals surface area contributed by atoms with Gasteiger partial charge >= 0.3 is 0 Å². The molecule has 1 atom stereocenters. The molecular formula is C12H21N3OS.